The Morgan fingerprint density at radius 1 is 1.20 bits per heavy atom. The third-order valence-corrected chi connectivity index (χ3v) is 10.7. The van der Waals surface area contributed by atoms with Gasteiger partial charge in [0.25, 0.3) is 0 Å². The first-order valence-electron chi connectivity index (χ1n) is 13.2. The van der Waals surface area contributed by atoms with Crippen LogP contribution in [0.15, 0.2) is 48.1 Å². The summed E-state index contributed by atoms with van der Waals surface area (Å²) in [6.07, 6.45) is 1.96. The second kappa shape index (κ2) is 11.2. The van der Waals surface area contributed by atoms with E-state index in [0.717, 1.165) is 22.5 Å². The molecule has 0 radical (unpaired) electrons. The summed E-state index contributed by atoms with van der Waals surface area (Å²) in [5.41, 5.74) is 1.76. The molecule has 1 unspecified atom stereocenters. The Balaban J connectivity index is 0.000000312. The number of carbonyl (C=O) groups is 3. The van der Waals surface area contributed by atoms with Crippen LogP contribution < -0.4 is 10.8 Å². The van der Waals surface area contributed by atoms with E-state index in [-0.39, 0.29) is 41.0 Å². The van der Waals surface area contributed by atoms with Gasteiger partial charge >= 0.3 is 0 Å². The van der Waals surface area contributed by atoms with E-state index in [0.29, 0.717) is 17.9 Å². The van der Waals surface area contributed by atoms with Gasteiger partial charge in [-0.25, -0.2) is 8.78 Å². The number of aliphatic hydroxyl groups excluding tert-OH is 1. The van der Waals surface area contributed by atoms with Crippen molar-refractivity contribution >= 4 is 45.9 Å². The van der Waals surface area contributed by atoms with Gasteiger partial charge in [0.1, 0.15) is 6.17 Å². The standard InChI is InChI=1S/C22H27F2NO4S.C7H8ClNO/c1-20-9-17(27)22(24)14(8-16(23)15-7-11(26)5-6-21(15,22)2)12(20)3-4-13(20)19(29)30-10-18(25)28;1-9(10)7-4-2-6(8)3-5-7/h5-7,12-14,16-17,27H,3-4,8-10H2,1-2H3,(H2,25,28);2-5,10H,1H3/t12?,13-,14+,16+,17+,20+,21+,22+;/m1./s1. The Labute approximate surface area is 241 Å². The van der Waals surface area contributed by atoms with Gasteiger partial charge in [0, 0.05) is 29.3 Å². The van der Waals surface area contributed by atoms with Crippen LogP contribution in [0.25, 0.3) is 0 Å². The maximum atomic E-state index is 16.9. The molecule has 4 N–H and O–H groups in total. The zero-order chi connectivity index (χ0) is 29.6. The molecule has 4 aliphatic carbocycles. The highest BCUT2D eigenvalue weighted by Crippen LogP contribution is 2.69. The number of halogens is 3. The third kappa shape index (κ3) is 5.12. The summed E-state index contributed by atoms with van der Waals surface area (Å²) in [7, 11) is 1.56. The second-order valence-electron chi connectivity index (χ2n) is 11.7. The number of alkyl halides is 2. The number of primary amides is 1. The van der Waals surface area contributed by atoms with E-state index in [4.69, 9.17) is 22.5 Å². The first kappa shape index (κ1) is 30.7. The lowest BCUT2D eigenvalue weighted by atomic mass is 9.45. The summed E-state index contributed by atoms with van der Waals surface area (Å²) < 4.78 is 32.1. The number of rotatable bonds is 4. The Kier molecular flexibility index (Phi) is 8.58. The highest BCUT2D eigenvalue weighted by molar-refractivity contribution is 8.14. The number of aliphatic hydroxyl groups is 1. The summed E-state index contributed by atoms with van der Waals surface area (Å²) in [4.78, 5) is 35.7. The van der Waals surface area contributed by atoms with E-state index in [1.165, 1.54) is 18.2 Å². The Morgan fingerprint density at radius 2 is 1.85 bits per heavy atom. The molecule has 0 aromatic heterocycles. The smallest absolute Gasteiger partial charge is 0.227 e. The van der Waals surface area contributed by atoms with Crippen LogP contribution >= 0.6 is 23.4 Å². The number of amides is 1. The number of hydrogen-bond acceptors (Lipinski definition) is 7. The molecule has 0 bridgehead atoms. The molecule has 40 heavy (non-hydrogen) atoms. The molecule has 7 nitrogen and oxygen atoms in total. The lowest BCUT2D eigenvalue weighted by molar-refractivity contribution is -0.201. The fraction of sp³-hybridized carbons (Fsp3) is 0.552. The number of thioether (sulfide) groups is 1. The highest BCUT2D eigenvalue weighted by atomic mass is 35.5. The van der Waals surface area contributed by atoms with Crippen molar-refractivity contribution in [2.45, 2.75) is 57.5 Å². The predicted octanol–water partition coefficient (Wildman–Crippen LogP) is 4.83. The van der Waals surface area contributed by atoms with Gasteiger partial charge in [-0.1, -0.05) is 36.4 Å². The number of anilines is 1. The number of nitrogens with zero attached hydrogens (tertiary/aromatic N) is 1. The van der Waals surface area contributed by atoms with Crippen LogP contribution in [0.2, 0.25) is 5.02 Å². The van der Waals surface area contributed by atoms with Crippen LogP contribution in [0.5, 0.6) is 0 Å². The van der Waals surface area contributed by atoms with Gasteiger partial charge in [-0.05, 0) is 85.9 Å². The number of fused-ring (bicyclic) bond motifs is 5. The summed E-state index contributed by atoms with van der Waals surface area (Å²) >= 11 is 6.48. The predicted molar refractivity (Wildman–Crippen MR) is 150 cm³/mol. The first-order valence-corrected chi connectivity index (χ1v) is 14.6. The van der Waals surface area contributed by atoms with Gasteiger partial charge in [-0.3, -0.25) is 24.7 Å². The second-order valence-corrected chi connectivity index (χ2v) is 13.1. The van der Waals surface area contributed by atoms with Crippen LogP contribution in [-0.4, -0.2) is 57.9 Å². The number of hydrogen-bond donors (Lipinski definition) is 3. The van der Waals surface area contributed by atoms with E-state index in [1.807, 2.05) is 6.92 Å². The number of carbonyl (C=O) groups excluding carboxylic acids is 3. The molecule has 11 heteroatoms. The van der Waals surface area contributed by atoms with Crippen molar-refractivity contribution in [2.24, 2.45) is 34.3 Å². The van der Waals surface area contributed by atoms with E-state index >= 15 is 8.78 Å². The molecule has 8 atom stereocenters. The van der Waals surface area contributed by atoms with Crippen molar-refractivity contribution in [3.05, 3.63) is 53.1 Å². The van der Waals surface area contributed by atoms with Crippen molar-refractivity contribution in [1.29, 1.82) is 0 Å². The molecule has 5 rings (SSSR count). The monoisotopic (exact) mass is 596 g/mol. The van der Waals surface area contributed by atoms with Crippen molar-refractivity contribution in [3.63, 3.8) is 0 Å². The number of hydroxylamine groups is 1. The van der Waals surface area contributed by atoms with E-state index in [2.05, 4.69) is 0 Å². The van der Waals surface area contributed by atoms with Crippen LogP contribution in [0.4, 0.5) is 14.5 Å². The van der Waals surface area contributed by atoms with Gasteiger partial charge in [-0.2, -0.15) is 0 Å². The van der Waals surface area contributed by atoms with E-state index in [1.54, 1.807) is 38.2 Å². The first-order chi connectivity index (χ1) is 18.6. The minimum atomic E-state index is -2.12. The van der Waals surface area contributed by atoms with Gasteiger partial charge in [0.2, 0.25) is 5.91 Å². The van der Waals surface area contributed by atoms with Gasteiger partial charge < -0.3 is 10.8 Å². The van der Waals surface area contributed by atoms with E-state index in [9.17, 15) is 19.5 Å². The molecule has 0 heterocycles. The molecule has 1 aromatic rings. The largest absolute Gasteiger partial charge is 0.390 e. The fourth-order valence-electron chi connectivity index (χ4n) is 7.49. The normalized spacial score (nSPS) is 37.8. The van der Waals surface area contributed by atoms with Crippen LogP contribution in [-0.2, 0) is 14.4 Å². The molecule has 3 fully saturated rings. The quantitative estimate of drug-likeness (QED) is 0.426. The van der Waals surface area contributed by atoms with Crippen LogP contribution in [0.1, 0.15) is 39.5 Å². The number of allylic oxidation sites excluding steroid dienone is 4. The fourth-order valence-corrected chi connectivity index (χ4v) is 8.49. The number of nitrogens with two attached hydrogens (primary N) is 1. The molecule has 0 aliphatic heterocycles. The Hall–Kier alpha value is -2.27. The maximum absolute atomic E-state index is 16.9. The van der Waals surface area contributed by atoms with Crippen molar-refractivity contribution < 1.29 is 33.5 Å². The minimum Gasteiger partial charge on any atom is -0.390 e. The summed E-state index contributed by atoms with van der Waals surface area (Å²) in [6.45, 7) is 3.44. The zero-order valence-corrected chi connectivity index (χ0v) is 24.2. The van der Waals surface area contributed by atoms with Gasteiger partial charge in [0.15, 0.2) is 16.6 Å². The minimum absolute atomic E-state index is 0.0693. The van der Waals surface area contributed by atoms with Crippen molar-refractivity contribution in [1.82, 2.24) is 0 Å². The maximum Gasteiger partial charge on any atom is 0.227 e. The van der Waals surface area contributed by atoms with Crippen LogP contribution in [0.3, 0.4) is 0 Å². The van der Waals surface area contributed by atoms with E-state index < -0.39 is 46.5 Å². The van der Waals surface area contributed by atoms with Crippen molar-refractivity contribution in [3.8, 4) is 0 Å². The average Bonchev–Trinajstić information content (AvgIpc) is 3.22. The molecule has 0 saturated heterocycles. The summed E-state index contributed by atoms with van der Waals surface area (Å²) in [5, 5.41) is 21.5. The zero-order valence-electron chi connectivity index (χ0n) is 22.6. The van der Waals surface area contributed by atoms with Crippen LogP contribution in [0, 0.1) is 28.6 Å². The molecule has 3 saturated carbocycles. The molecule has 1 aromatic carbocycles. The molecular formula is C29H35ClF2N2O5S. The number of benzene rings is 1. The molecular weight excluding hydrogens is 562 g/mol. The lowest BCUT2D eigenvalue weighted by Crippen LogP contribution is -2.68. The lowest BCUT2D eigenvalue weighted by Gasteiger charge is -2.62. The third-order valence-electron chi connectivity index (χ3n) is 9.47. The Bertz CT molecular complexity index is 1240. The molecule has 218 valence electrons. The topological polar surface area (TPSA) is 121 Å². The SMILES string of the molecule is CN(O)c1ccc(Cl)cc1.C[C@]12C[C@H](O)[C@@]3(F)[C@@H](C[C@H](F)C4=CC(=O)C=C[C@@]43C)C1CC[C@@H]2C(=O)SCC(N)=O. The Morgan fingerprint density at radius 3 is 2.45 bits per heavy atom. The van der Waals surface area contributed by atoms with Gasteiger partial charge in [0.05, 0.1) is 17.5 Å². The molecule has 1 amide bonds. The summed E-state index contributed by atoms with van der Waals surface area (Å²) in [5.74, 6) is -2.58. The molecule has 4 aliphatic rings. The van der Waals surface area contributed by atoms with Crippen molar-refractivity contribution in [2.75, 3.05) is 17.9 Å². The number of ketones is 1. The average molecular weight is 597 g/mol. The molecule has 0 spiro atoms. The van der Waals surface area contributed by atoms with Gasteiger partial charge in [-0.15, -0.1) is 0 Å². The highest BCUT2D eigenvalue weighted by Gasteiger charge is 2.72. The summed E-state index contributed by atoms with van der Waals surface area (Å²) in [6, 6.07) is 6.93.